The van der Waals surface area contributed by atoms with E-state index in [1.807, 2.05) is 24.3 Å². The van der Waals surface area contributed by atoms with Crippen LogP contribution in [-0.2, 0) is 0 Å². The maximum Gasteiger partial charge on any atom is 0.154 e. The van der Waals surface area contributed by atoms with Crippen molar-refractivity contribution in [1.29, 1.82) is 0 Å². The summed E-state index contributed by atoms with van der Waals surface area (Å²) < 4.78 is 5.31. The first-order valence-electron chi connectivity index (χ1n) is 7.26. The first-order valence-corrected chi connectivity index (χ1v) is 8.24. The standard InChI is InChI=1S/C15H19N3OS/c1-2-8-18(9-3-1)10-12-20-15-7-6-13(16-17-15)14-5-4-11-19-14/h4-7,11H,1-3,8-10,12H2/p+1. The zero-order chi connectivity index (χ0) is 13.6. The molecule has 3 rings (SSSR count). The van der Waals surface area contributed by atoms with Crippen LogP contribution in [0, 0.1) is 0 Å². The Kier molecular flexibility index (Phi) is 4.71. The molecule has 0 unspecified atom stereocenters. The Morgan fingerprint density at radius 2 is 2.00 bits per heavy atom. The van der Waals surface area contributed by atoms with Crippen molar-refractivity contribution in [3.63, 3.8) is 0 Å². The van der Waals surface area contributed by atoms with E-state index in [0.29, 0.717) is 0 Å². The Labute approximate surface area is 123 Å². The van der Waals surface area contributed by atoms with Gasteiger partial charge in [0.1, 0.15) is 10.7 Å². The molecule has 0 bridgehead atoms. The molecular formula is C15H20N3OS+. The Bertz CT molecular complexity index is 506. The van der Waals surface area contributed by atoms with Crippen LogP contribution >= 0.6 is 11.8 Å². The molecule has 1 N–H and O–H groups in total. The summed E-state index contributed by atoms with van der Waals surface area (Å²) in [6.45, 7) is 3.90. The van der Waals surface area contributed by atoms with Crippen molar-refractivity contribution in [1.82, 2.24) is 10.2 Å². The molecule has 0 aromatic carbocycles. The van der Waals surface area contributed by atoms with Crippen molar-refractivity contribution in [2.45, 2.75) is 24.3 Å². The summed E-state index contributed by atoms with van der Waals surface area (Å²) in [6.07, 6.45) is 5.84. The number of furan rings is 1. The summed E-state index contributed by atoms with van der Waals surface area (Å²) in [5, 5.41) is 9.47. The summed E-state index contributed by atoms with van der Waals surface area (Å²) in [5.41, 5.74) is 0.793. The second-order valence-corrected chi connectivity index (χ2v) is 6.26. The van der Waals surface area contributed by atoms with E-state index in [9.17, 15) is 0 Å². The predicted molar refractivity (Wildman–Crippen MR) is 79.9 cm³/mol. The Morgan fingerprint density at radius 1 is 1.10 bits per heavy atom. The van der Waals surface area contributed by atoms with Gasteiger partial charge in [-0.05, 0) is 43.5 Å². The van der Waals surface area contributed by atoms with Crippen molar-refractivity contribution in [2.24, 2.45) is 0 Å². The number of nitrogens with zero attached hydrogens (tertiary/aromatic N) is 2. The van der Waals surface area contributed by atoms with Gasteiger partial charge >= 0.3 is 0 Å². The van der Waals surface area contributed by atoms with Gasteiger partial charge in [-0.1, -0.05) is 11.8 Å². The third kappa shape index (κ3) is 3.61. The molecule has 0 saturated carbocycles. The van der Waals surface area contributed by atoms with E-state index in [1.165, 1.54) is 38.9 Å². The van der Waals surface area contributed by atoms with Gasteiger partial charge in [-0.2, -0.15) is 0 Å². The predicted octanol–water partition coefficient (Wildman–Crippen LogP) is 1.90. The highest BCUT2D eigenvalue weighted by atomic mass is 32.2. The number of hydrogen-bond donors (Lipinski definition) is 1. The van der Waals surface area contributed by atoms with Crippen LogP contribution in [0.3, 0.4) is 0 Å². The van der Waals surface area contributed by atoms with E-state index in [2.05, 4.69) is 10.2 Å². The molecular weight excluding hydrogens is 270 g/mol. The maximum atomic E-state index is 5.31. The van der Waals surface area contributed by atoms with Gasteiger partial charge in [-0.15, -0.1) is 10.2 Å². The summed E-state index contributed by atoms with van der Waals surface area (Å²) in [4.78, 5) is 1.74. The number of nitrogens with one attached hydrogen (secondary N) is 1. The molecule has 1 aliphatic heterocycles. The second-order valence-electron chi connectivity index (χ2n) is 5.14. The molecule has 20 heavy (non-hydrogen) atoms. The summed E-state index contributed by atoms with van der Waals surface area (Å²) in [6, 6.07) is 7.76. The van der Waals surface area contributed by atoms with Gasteiger partial charge in [0.15, 0.2) is 5.76 Å². The molecule has 3 heterocycles. The molecule has 0 radical (unpaired) electrons. The fraction of sp³-hybridized carbons (Fsp3) is 0.467. The number of likely N-dealkylation sites (tertiary alicyclic amines) is 1. The minimum Gasteiger partial charge on any atom is -0.463 e. The van der Waals surface area contributed by atoms with Gasteiger partial charge in [0.05, 0.1) is 25.9 Å². The minimum atomic E-state index is 0.770. The topological polar surface area (TPSA) is 43.4 Å². The quantitative estimate of drug-likeness (QED) is 0.854. The van der Waals surface area contributed by atoms with Gasteiger partial charge in [0.2, 0.25) is 0 Å². The highest BCUT2D eigenvalue weighted by molar-refractivity contribution is 7.99. The van der Waals surface area contributed by atoms with Crippen molar-refractivity contribution >= 4 is 11.8 Å². The summed E-state index contributed by atoms with van der Waals surface area (Å²) >= 11 is 1.79. The maximum absolute atomic E-state index is 5.31. The van der Waals surface area contributed by atoms with Gasteiger partial charge in [0.25, 0.3) is 0 Å². The minimum absolute atomic E-state index is 0.770. The van der Waals surface area contributed by atoms with Crippen LogP contribution < -0.4 is 4.90 Å². The molecule has 2 aromatic rings. The average molecular weight is 290 g/mol. The van der Waals surface area contributed by atoms with E-state index < -0.39 is 0 Å². The van der Waals surface area contributed by atoms with Crippen molar-refractivity contribution in [2.75, 3.05) is 25.4 Å². The number of piperidine rings is 1. The van der Waals surface area contributed by atoms with Crippen LogP contribution in [0.1, 0.15) is 19.3 Å². The Morgan fingerprint density at radius 3 is 2.70 bits per heavy atom. The SMILES string of the molecule is c1coc(-c2ccc(SCC[NH+]3CCCCC3)nn2)c1. The Balaban J connectivity index is 1.48. The fourth-order valence-corrected chi connectivity index (χ4v) is 3.42. The molecule has 106 valence electrons. The van der Waals surface area contributed by atoms with E-state index in [4.69, 9.17) is 4.42 Å². The lowest BCUT2D eigenvalue weighted by molar-refractivity contribution is -0.902. The zero-order valence-electron chi connectivity index (χ0n) is 11.5. The lowest BCUT2D eigenvalue weighted by Crippen LogP contribution is -3.13. The molecule has 0 aliphatic carbocycles. The number of aromatic nitrogens is 2. The molecule has 1 saturated heterocycles. The normalized spacial score (nSPS) is 16.4. The van der Waals surface area contributed by atoms with E-state index >= 15 is 0 Å². The molecule has 4 nitrogen and oxygen atoms in total. The van der Waals surface area contributed by atoms with Gasteiger partial charge in [0, 0.05) is 5.75 Å². The van der Waals surface area contributed by atoms with E-state index in [-0.39, 0.29) is 0 Å². The van der Waals surface area contributed by atoms with Gasteiger partial charge < -0.3 is 9.32 Å². The number of rotatable bonds is 5. The molecule has 0 amide bonds. The van der Waals surface area contributed by atoms with Gasteiger partial charge in [-0.25, -0.2) is 0 Å². The smallest absolute Gasteiger partial charge is 0.154 e. The van der Waals surface area contributed by atoms with Crippen molar-refractivity contribution in [3.8, 4) is 11.5 Å². The van der Waals surface area contributed by atoms with E-state index in [1.54, 1.807) is 22.9 Å². The number of hydrogen-bond acceptors (Lipinski definition) is 4. The average Bonchev–Trinajstić information content (AvgIpc) is 3.03. The lowest BCUT2D eigenvalue weighted by atomic mass is 10.1. The van der Waals surface area contributed by atoms with Crippen molar-refractivity contribution in [3.05, 3.63) is 30.5 Å². The van der Waals surface area contributed by atoms with Crippen LogP contribution in [0.2, 0.25) is 0 Å². The molecule has 1 fully saturated rings. The highest BCUT2D eigenvalue weighted by Crippen LogP contribution is 2.19. The molecule has 0 atom stereocenters. The highest BCUT2D eigenvalue weighted by Gasteiger charge is 2.13. The van der Waals surface area contributed by atoms with E-state index in [0.717, 1.165) is 22.2 Å². The molecule has 2 aromatic heterocycles. The third-order valence-corrected chi connectivity index (χ3v) is 4.60. The Hall–Kier alpha value is -1.33. The lowest BCUT2D eigenvalue weighted by Gasteiger charge is -2.23. The third-order valence-electron chi connectivity index (χ3n) is 3.68. The summed E-state index contributed by atoms with van der Waals surface area (Å²) in [5.74, 6) is 1.89. The van der Waals surface area contributed by atoms with Crippen LogP contribution in [-0.4, -0.2) is 35.6 Å². The monoisotopic (exact) mass is 290 g/mol. The van der Waals surface area contributed by atoms with Crippen molar-refractivity contribution < 1.29 is 9.32 Å². The number of quaternary nitrogens is 1. The first-order chi connectivity index (χ1) is 9.92. The summed E-state index contributed by atoms with van der Waals surface area (Å²) in [7, 11) is 0. The largest absolute Gasteiger partial charge is 0.463 e. The molecule has 1 aliphatic rings. The van der Waals surface area contributed by atoms with Crippen LogP contribution in [0.25, 0.3) is 11.5 Å². The zero-order valence-corrected chi connectivity index (χ0v) is 12.4. The first kappa shape index (κ1) is 13.6. The number of thioether (sulfide) groups is 1. The van der Waals surface area contributed by atoms with Gasteiger partial charge in [-0.3, -0.25) is 0 Å². The van der Waals surface area contributed by atoms with Crippen LogP contribution in [0.5, 0.6) is 0 Å². The fourth-order valence-electron chi connectivity index (χ4n) is 2.55. The van der Waals surface area contributed by atoms with Crippen LogP contribution in [0.4, 0.5) is 0 Å². The molecule has 0 spiro atoms. The molecule has 5 heteroatoms. The van der Waals surface area contributed by atoms with Crippen LogP contribution in [0.15, 0.2) is 40.0 Å². The second kappa shape index (κ2) is 6.90.